The molecule has 0 aromatic carbocycles. The number of rotatable bonds is 4. The number of hydrazone groups is 2. The van der Waals surface area contributed by atoms with E-state index in [0.29, 0.717) is 11.7 Å². The number of aliphatic imine (C=N–C) groups is 1. The summed E-state index contributed by atoms with van der Waals surface area (Å²) in [5.41, 5.74) is 5.08. The number of aromatic nitrogens is 2. The predicted octanol–water partition coefficient (Wildman–Crippen LogP) is 2.94. The highest BCUT2D eigenvalue weighted by Crippen LogP contribution is 2.20. The molecule has 32 heavy (non-hydrogen) atoms. The topological polar surface area (TPSA) is 122 Å². The molecule has 2 aliphatic rings. The molecule has 0 radical (unpaired) electrons. The highest BCUT2D eigenvalue weighted by molar-refractivity contribution is 8.14. The zero-order chi connectivity index (χ0) is 22.8. The van der Waals surface area contributed by atoms with Crippen LogP contribution in [-0.4, -0.2) is 61.8 Å². The van der Waals surface area contributed by atoms with Crippen LogP contribution in [0.15, 0.2) is 58.1 Å². The molecule has 1 saturated heterocycles. The van der Waals surface area contributed by atoms with Crippen LogP contribution in [0.3, 0.4) is 0 Å². The molecule has 2 amide bonds. The molecule has 2 aromatic rings. The van der Waals surface area contributed by atoms with Crippen molar-refractivity contribution in [1.29, 1.82) is 5.26 Å². The molecule has 0 bridgehead atoms. The van der Waals surface area contributed by atoms with Gasteiger partial charge in [-0.05, 0) is 24.6 Å². The van der Waals surface area contributed by atoms with E-state index in [-0.39, 0.29) is 6.03 Å². The first-order valence-corrected chi connectivity index (χ1v) is 10.9. The second-order valence-electron chi connectivity index (χ2n) is 6.61. The van der Waals surface area contributed by atoms with Gasteiger partial charge in [0.05, 0.1) is 18.5 Å². The lowest BCUT2D eigenvalue weighted by Crippen LogP contribution is -2.42. The van der Waals surface area contributed by atoms with Gasteiger partial charge in [0.2, 0.25) is 6.19 Å². The first-order chi connectivity index (χ1) is 15.5. The number of nitrogens with zero attached hydrogens (tertiary/aromatic N) is 8. The zero-order valence-electron chi connectivity index (χ0n) is 17.2. The Morgan fingerprint density at radius 2 is 2.25 bits per heavy atom. The summed E-state index contributed by atoms with van der Waals surface area (Å²) in [7, 11) is 0. The monoisotopic (exact) mass is 469 g/mol. The minimum atomic E-state index is -0.328. The van der Waals surface area contributed by atoms with Gasteiger partial charge >= 0.3 is 6.03 Å². The molecule has 1 fully saturated rings. The Bertz CT molecular complexity index is 1050. The van der Waals surface area contributed by atoms with Crippen LogP contribution < -0.4 is 5.43 Å². The van der Waals surface area contributed by atoms with Crippen LogP contribution in [-0.2, 0) is 6.54 Å². The van der Waals surface area contributed by atoms with Gasteiger partial charge in [-0.3, -0.25) is 4.98 Å². The van der Waals surface area contributed by atoms with E-state index in [0.717, 1.165) is 40.8 Å². The van der Waals surface area contributed by atoms with E-state index >= 15 is 0 Å². The van der Waals surface area contributed by atoms with Gasteiger partial charge in [-0.1, -0.05) is 35.5 Å². The Kier molecular flexibility index (Phi) is 8.53. The number of carbonyl (C=O) groups is 1. The lowest BCUT2D eigenvalue weighted by Gasteiger charge is -2.20. The fourth-order valence-corrected chi connectivity index (χ4v) is 3.70. The van der Waals surface area contributed by atoms with Crippen LogP contribution in [0.4, 0.5) is 4.79 Å². The highest BCUT2D eigenvalue weighted by Gasteiger charge is 2.19. The van der Waals surface area contributed by atoms with Crippen LogP contribution in [0.25, 0.3) is 0 Å². The lowest BCUT2D eigenvalue weighted by molar-refractivity contribution is 0.204. The number of hydrogen-bond acceptors (Lipinski definition) is 8. The number of thioether (sulfide) groups is 1. The molecule has 0 unspecified atom stereocenters. The van der Waals surface area contributed by atoms with E-state index in [2.05, 4.69) is 35.5 Å². The maximum absolute atomic E-state index is 11.3. The van der Waals surface area contributed by atoms with Gasteiger partial charge < -0.3 is 4.90 Å². The van der Waals surface area contributed by atoms with Crippen molar-refractivity contribution in [1.82, 2.24) is 25.3 Å². The third-order valence-electron chi connectivity index (χ3n) is 4.16. The minimum Gasteiger partial charge on any atom is -0.345 e. The van der Waals surface area contributed by atoms with Crippen LogP contribution in [0.5, 0.6) is 0 Å². The number of amidine groups is 1. The maximum Gasteiger partial charge on any atom is 0.358 e. The van der Waals surface area contributed by atoms with E-state index in [1.165, 1.54) is 5.01 Å². The fraction of sp³-hybridized carbons (Fsp3) is 0.250. The van der Waals surface area contributed by atoms with Crippen molar-refractivity contribution < 1.29 is 4.79 Å². The molecule has 0 atom stereocenters. The zero-order valence-corrected chi connectivity index (χ0v) is 18.8. The molecule has 0 saturated carbocycles. The SMILES string of the molecule is CC1=NNC(=O)N(/N=C/c2cccnc2)C1.N#C/N=C1\SCCN1Cc1ccc(Cl)nc1. The van der Waals surface area contributed by atoms with Crippen molar-refractivity contribution >= 4 is 46.5 Å². The predicted molar refractivity (Wildman–Crippen MR) is 125 cm³/mol. The fourth-order valence-electron chi connectivity index (χ4n) is 2.65. The van der Waals surface area contributed by atoms with E-state index in [1.807, 2.05) is 31.3 Å². The largest absolute Gasteiger partial charge is 0.358 e. The van der Waals surface area contributed by atoms with Gasteiger partial charge in [0, 0.05) is 43.0 Å². The molecule has 4 rings (SSSR count). The van der Waals surface area contributed by atoms with Crippen LogP contribution in [0, 0.1) is 11.5 Å². The summed E-state index contributed by atoms with van der Waals surface area (Å²) in [6, 6.07) is 7.04. The second-order valence-corrected chi connectivity index (χ2v) is 8.06. The number of hydrogen-bond donors (Lipinski definition) is 1. The summed E-state index contributed by atoms with van der Waals surface area (Å²) >= 11 is 7.32. The number of amides is 2. The Morgan fingerprint density at radius 1 is 1.38 bits per heavy atom. The van der Waals surface area contributed by atoms with Crippen LogP contribution >= 0.6 is 23.4 Å². The molecular formula is C20H20ClN9OS. The molecule has 2 aromatic heterocycles. The average Bonchev–Trinajstić information content (AvgIpc) is 3.24. The first kappa shape index (κ1) is 23.2. The standard InChI is InChI=1S/C10H9ClN4S.C10H11N5O/c11-9-2-1-8(5-13-9)6-15-3-4-16-10(15)14-7-12;1-8-7-15(10(16)14-13-8)12-6-9-3-2-4-11-5-9/h1-2,5H,3-4,6H2;2-6H,7H2,1H3,(H,14,16)/b14-10-;12-6+. The van der Waals surface area contributed by atoms with E-state index in [4.69, 9.17) is 16.9 Å². The summed E-state index contributed by atoms with van der Waals surface area (Å²) in [4.78, 5) is 25.2. The van der Waals surface area contributed by atoms with Crippen molar-refractivity contribution in [2.24, 2.45) is 15.2 Å². The summed E-state index contributed by atoms with van der Waals surface area (Å²) < 4.78 is 0. The van der Waals surface area contributed by atoms with Gasteiger partial charge in [-0.15, -0.1) is 4.99 Å². The molecule has 0 spiro atoms. The van der Waals surface area contributed by atoms with Crippen molar-refractivity contribution in [3.8, 4) is 6.19 Å². The van der Waals surface area contributed by atoms with Crippen molar-refractivity contribution in [2.75, 3.05) is 18.8 Å². The summed E-state index contributed by atoms with van der Waals surface area (Å²) in [5.74, 6) is 0.974. The average molecular weight is 470 g/mol. The quantitative estimate of drug-likeness (QED) is 0.417. The van der Waals surface area contributed by atoms with Gasteiger partial charge in [-0.2, -0.15) is 15.5 Å². The molecule has 0 aliphatic carbocycles. The molecule has 164 valence electrons. The molecule has 12 heteroatoms. The number of carbonyl (C=O) groups excluding carboxylic acids is 1. The third-order valence-corrected chi connectivity index (χ3v) is 5.37. The molecule has 10 nitrogen and oxygen atoms in total. The van der Waals surface area contributed by atoms with E-state index in [1.54, 1.807) is 42.6 Å². The third kappa shape index (κ3) is 7.04. The van der Waals surface area contributed by atoms with E-state index < -0.39 is 0 Å². The molecule has 1 N–H and O–H groups in total. The van der Waals surface area contributed by atoms with Crippen molar-refractivity contribution in [3.63, 3.8) is 0 Å². The number of nitrogens with one attached hydrogen (secondary N) is 1. The van der Waals surface area contributed by atoms with Gasteiger partial charge in [-0.25, -0.2) is 20.2 Å². The molecular weight excluding hydrogens is 450 g/mol. The number of nitriles is 1. The first-order valence-electron chi connectivity index (χ1n) is 9.55. The van der Waals surface area contributed by atoms with Gasteiger partial charge in [0.25, 0.3) is 0 Å². The van der Waals surface area contributed by atoms with Gasteiger partial charge in [0.1, 0.15) is 5.15 Å². The number of halogens is 1. The minimum absolute atomic E-state index is 0.328. The molecule has 2 aliphatic heterocycles. The summed E-state index contributed by atoms with van der Waals surface area (Å²) in [6.45, 7) is 3.86. The summed E-state index contributed by atoms with van der Waals surface area (Å²) in [5, 5.41) is 19.0. The van der Waals surface area contributed by atoms with Crippen LogP contribution in [0.2, 0.25) is 5.15 Å². The Morgan fingerprint density at radius 3 is 2.97 bits per heavy atom. The van der Waals surface area contributed by atoms with Crippen molar-refractivity contribution in [2.45, 2.75) is 13.5 Å². The maximum atomic E-state index is 11.3. The second kappa shape index (κ2) is 11.8. The number of urea groups is 1. The Labute approximate surface area is 194 Å². The van der Waals surface area contributed by atoms with E-state index in [9.17, 15) is 4.79 Å². The highest BCUT2D eigenvalue weighted by atomic mass is 35.5. The number of pyridine rings is 2. The smallest absolute Gasteiger partial charge is 0.345 e. The lowest BCUT2D eigenvalue weighted by atomic mass is 10.3. The van der Waals surface area contributed by atoms with Crippen molar-refractivity contribution in [3.05, 3.63) is 59.1 Å². The Hall–Kier alpha value is -3.49. The summed E-state index contributed by atoms with van der Waals surface area (Å²) in [6.07, 6.45) is 8.51. The normalized spacial score (nSPS) is 17.0. The molecule has 4 heterocycles. The van der Waals surface area contributed by atoms with Gasteiger partial charge in [0.15, 0.2) is 5.17 Å². The van der Waals surface area contributed by atoms with Crippen LogP contribution in [0.1, 0.15) is 18.1 Å². The Balaban J connectivity index is 0.000000181.